The van der Waals surface area contributed by atoms with Gasteiger partial charge in [0.1, 0.15) is 12.2 Å². The van der Waals surface area contributed by atoms with Gasteiger partial charge in [0.05, 0.1) is 26.6 Å². The SMILES string of the molecule is O=c1c2ccccc2nc(-c2cc3cc(Cl)ccc3o2)n1N=Cc1cc(Cl)c(OCc2cccc3ccccc23)c(Br)c1. The van der Waals surface area contributed by atoms with Gasteiger partial charge in [-0.25, -0.2) is 4.98 Å². The monoisotopic (exact) mass is 667 g/mol. The third-order valence-electron chi connectivity index (χ3n) is 7.05. The quantitative estimate of drug-likeness (QED) is 0.166. The molecular weight excluding hydrogens is 649 g/mol. The van der Waals surface area contributed by atoms with E-state index in [9.17, 15) is 4.79 Å². The summed E-state index contributed by atoms with van der Waals surface area (Å²) < 4.78 is 14.1. The van der Waals surface area contributed by atoms with E-state index < -0.39 is 0 Å². The number of halogens is 3. The van der Waals surface area contributed by atoms with Crippen LogP contribution in [0.3, 0.4) is 0 Å². The second-order valence-electron chi connectivity index (χ2n) is 9.85. The van der Waals surface area contributed by atoms with Crippen molar-refractivity contribution in [2.24, 2.45) is 5.10 Å². The van der Waals surface area contributed by atoms with Crippen molar-refractivity contribution >= 4 is 78.0 Å². The van der Waals surface area contributed by atoms with Crippen LogP contribution in [-0.4, -0.2) is 15.9 Å². The molecule has 0 aliphatic heterocycles. The largest absolute Gasteiger partial charge is 0.486 e. The topological polar surface area (TPSA) is 69.6 Å². The maximum atomic E-state index is 13.6. The molecular formula is C34H20BrCl2N3O3. The molecule has 9 heteroatoms. The molecule has 6 nitrogen and oxygen atoms in total. The number of para-hydroxylation sites is 1. The molecule has 0 saturated heterocycles. The van der Waals surface area contributed by atoms with Crippen LogP contribution in [0, 0.1) is 0 Å². The van der Waals surface area contributed by atoms with Crippen LogP contribution in [0.4, 0.5) is 0 Å². The zero-order valence-electron chi connectivity index (χ0n) is 22.3. The number of nitrogens with zero attached hydrogens (tertiary/aromatic N) is 3. The second-order valence-corrected chi connectivity index (χ2v) is 11.5. The number of furan rings is 1. The molecule has 5 aromatic carbocycles. The minimum atomic E-state index is -0.337. The van der Waals surface area contributed by atoms with Crippen LogP contribution < -0.4 is 10.3 Å². The molecule has 0 unspecified atom stereocenters. The summed E-state index contributed by atoms with van der Waals surface area (Å²) in [6.45, 7) is 0.345. The fourth-order valence-corrected chi connectivity index (χ4v) is 6.17. The Morgan fingerprint density at radius 3 is 2.53 bits per heavy atom. The van der Waals surface area contributed by atoms with Crippen molar-refractivity contribution in [2.45, 2.75) is 6.61 Å². The van der Waals surface area contributed by atoms with Crippen LogP contribution >= 0.6 is 39.1 Å². The average Bonchev–Trinajstić information content (AvgIpc) is 3.43. The third-order valence-corrected chi connectivity index (χ3v) is 8.15. The first-order chi connectivity index (χ1) is 20.9. The lowest BCUT2D eigenvalue weighted by Crippen LogP contribution is -2.20. The van der Waals surface area contributed by atoms with Crippen LogP contribution in [0.25, 0.3) is 44.2 Å². The standard InChI is InChI=1S/C34H20BrCl2N3O3/c35-27-14-20(15-28(37)32(27)42-19-22-8-5-7-21-6-1-2-9-25(21)22)18-38-40-33(39-29-11-4-3-10-26(29)34(40)41)31-17-23-16-24(36)12-13-30(23)43-31/h1-18H,19H2. The molecule has 7 aromatic rings. The first kappa shape index (κ1) is 27.4. The fourth-order valence-electron chi connectivity index (χ4n) is 5.00. The molecule has 2 aromatic heterocycles. The summed E-state index contributed by atoms with van der Waals surface area (Å²) in [7, 11) is 0. The molecule has 0 bridgehead atoms. The number of fused-ring (bicyclic) bond motifs is 3. The lowest BCUT2D eigenvalue weighted by Gasteiger charge is -2.13. The first-order valence-corrected chi connectivity index (χ1v) is 14.8. The molecule has 0 radical (unpaired) electrons. The maximum Gasteiger partial charge on any atom is 0.282 e. The van der Waals surface area contributed by atoms with Gasteiger partial charge in [0, 0.05) is 10.4 Å². The number of ether oxygens (including phenoxy) is 1. The Morgan fingerprint density at radius 2 is 1.67 bits per heavy atom. The van der Waals surface area contributed by atoms with Crippen molar-refractivity contribution in [2.75, 3.05) is 0 Å². The van der Waals surface area contributed by atoms with Gasteiger partial charge in [-0.05, 0) is 86.4 Å². The van der Waals surface area contributed by atoms with E-state index in [2.05, 4.69) is 39.2 Å². The van der Waals surface area contributed by atoms with Crippen molar-refractivity contribution in [1.29, 1.82) is 0 Å². The fraction of sp³-hybridized carbons (Fsp3) is 0.0294. The van der Waals surface area contributed by atoms with Gasteiger partial charge < -0.3 is 9.15 Å². The van der Waals surface area contributed by atoms with E-state index in [0.717, 1.165) is 21.7 Å². The molecule has 0 atom stereocenters. The molecule has 0 aliphatic carbocycles. The lowest BCUT2D eigenvalue weighted by atomic mass is 10.1. The van der Waals surface area contributed by atoms with Crippen LogP contribution in [0.15, 0.2) is 122 Å². The van der Waals surface area contributed by atoms with E-state index in [1.807, 2.05) is 36.4 Å². The molecule has 0 amide bonds. The van der Waals surface area contributed by atoms with Crippen LogP contribution in [0.1, 0.15) is 11.1 Å². The van der Waals surface area contributed by atoms with Crippen molar-refractivity contribution in [1.82, 2.24) is 9.66 Å². The van der Waals surface area contributed by atoms with Gasteiger partial charge in [-0.1, -0.05) is 77.8 Å². The van der Waals surface area contributed by atoms with Gasteiger partial charge in [-0.3, -0.25) is 4.79 Å². The van der Waals surface area contributed by atoms with Crippen LogP contribution in [-0.2, 0) is 6.61 Å². The lowest BCUT2D eigenvalue weighted by molar-refractivity contribution is 0.306. The minimum Gasteiger partial charge on any atom is -0.486 e. The average molecular weight is 669 g/mol. The Labute approximate surface area is 263 Å². The zero-order chi connectivity index (χ0) is 29.5. The normalized spacial score (nSPS) is 11.7. The van der Waals surface area contributed by atoms with Crippen LogP contribution in [0.2, 0.25) is 10.0 Å². The second kappa shape index (κ2) is 11.3. The third kappa shape index (κ3) is 5.31. The Hall–Kier alpha value is -4.43. The molecule has 0 saturated carbocycles. The Morgan fingerprint density at radius 1 is 0.884 bits per heavy atom. The molecule has 0 spiro atoms. The van der Waals surface area contributed by atoms with E-state index in [1.54, 1.807) is 54.7 Å². The first-order valence-electron chi connectivity index (χ1n) is 13.3. The highest BCUT2D eigenvalue weighted by molar-refractivity contribution is 9.10. The summed E-state index contributed by atoms with van der Waals surface area (Å²) in [5.41, 5.74) is 2.51. The molecule has 0 N–H and O–H groups in total. The molecule has 2 heterocycles. The number of rotatable bonds is 6. The minimum absolute atomic E-state index is 0.257. The Bertz CT molecular complexity index is 2250. The van der Waals surface area contributed by atoms with Crippen molar-refractivity contribution in [3.05, 3.63) is 139 Å². The summed E-state index contributed by atoms with van der Waals surface area (Å²) in [5.74, 6) is 1.15. The van der Waals surface area contributed by atoms with E-state index in [1.165, 1.54) is 4.68 Å². The van der Waals surface area contributed by atoms with Crippen LogP contribution in [0.5, 0.6) is 5.75 Å². The maximum absolute atomic E-state index is 13.6. The van der Waals surface area contributed by atoms with E-state index in [0.29, 0.717) is 54.7 Å². The van der Waals surface area contributed by atoms with E-state index >= 15 is 0 Å². The predicted octanol–water partition coefficient (Wildman–Crippen LogP) is 9.49. The van der Waals surface area contributed by atoms with Crippen molar-refractivity contribution < 1.29 is 9.15 Å². The smallest absolute Gasteiger partial charge is 0.282 e. The molecule has 0 fully saturated rings. The van der Waals surface area contributed by atoms with Gasteiger partial charge in [0.15, 0.2) is 11.5 Å². The van der Waals surface area contributed by atoms with Crippen molar-refractivity contribution in [3.8, 4) is 17.3 Å². The van der Waals surface area contributed by atoms with Crippen molar-refractivity contribution in [3.63, 3.8) is 0 Å². The summed E-state index contributed by atoms with van der Waals surface area (Å²) >= 11 is 16.4. The van der Waals surface area contributed by atoms with E-state index in [4.69, 9.17) is 37.3 Å². The summed E-state index contributed by atoms with van der Waals surface area (Å²) in [6, 6.07) is 32.1. The molecule has 0 aliphatic rings. The summed E-state index contributed by atoms with van der Waals surface area (Å²) in [5, 5.41) is 9.00. The van der Waals surface area contributed by atoms with E-state index in [-0.39, 0.29) is 11.4 Å². The van der Waals surface area contributed by atoms with Gasteiger partial charge in [0.25, 0.3) is 5.56 Å². The molecule has 43 heavy (non-hydrogen) atoms. The van der Waals surface area contributed by atoms with Gasteiger partial charge in [0.2, 0.25) is 5.82 Å². The Kier molecular flexibility index (Phi) is 7.23. The Balaban J connectivity index is 1.24. The highest BCUT2D eigenvalue weighted by Crippen LogP contribution is 2.35. The number of benzene rings is 5. The highest BCUT2D eigenvalue weighted by Gasteiger charge is 2.17. The van der Waals surface area contributed by atoms with Gasteiger partial charge in [-0.15, -0.1) is 0 Å². The highest BCUT2D eigenvalue weighted by atomic mass is 79.9. The summed E-state index contributed by atoms with van der Waals surface area (Å²) in [6.07, 6.45) is 1.55. The number of hydrogen-bond acceptors (Lipinski definition) is 5. The van der Waals surface area contributed by atoms with Gasteiger partial charge >= 0.3 is 0 Å². The number of hydrogen-bond donors (Lipinski definition) is 0. The predicted molar refractivity (Wildman–Crippen MR) is 177 cm³/mol. The van der Waals surface area contributed by atoms with Gasteiger partial charge in [-0.2, -0.15) is 9.78 Å². The zero-order valence-corrected chi connectivity index (χ0v) is 25.4. The molecule has 7 rings (SSSR count). The molecule has 210 valence electrons. The number of aromatic nitrogens is 2. The summed E-state index contributed by atoms with van der Waals surface area (Å²) in [4.78, 5) is 18.3.